The molecule has 2 N–H and O–H groups in total. The number of aliphatic carboxylic acids is 1. The summed E-state index contributed by atoms with van der Waals surface area (Å²) in [5.41, 5.74) is 0.643. The molecule has 1 aliphatic rings. The molecule has 1 saturated carbocycles. The van der Waals surface area contributed by atoms with E-state index in [0.717, 1.165) is 0 Å². The summed E-state index contributed by atoms with van der Waals surface area (Å²) in [6.45, 7) is 0. The van der Waals surface area contributed by atoms with E-state index in [4.69, 9.17) is 16.7 Å². The molecule has 1 aliphatic carbocycles. The number of phenols is 1. The molecule has 0 aliphatic heterocycles. The van der Waals surface area contributed by atoms with Gasteiger partial charge in [0.05, 0.1) is 5.92 Å². The summed E-state index contributed by atoms with van der Waals surface area (Å²) in [5.74, 6) is -1.12. The highest BCUT2D eigenvalue weighted by Gasteiger charge is 2.45. The van der Waals surface area contributed by atoms with E-state index in [2.05, 4.69) is 0 Å². The van der Waals surface area contributed by atoms with Crippen molar-refractivity contribution in [2.75, 3.05) is 0 Å². The number of halogens is 1. The number of phenolic OH excluding ortho intramolecular Hbond substituents is 1. The highest BCUT2D eigenvalue weighted by Crippen LogP contribution is 2.50. The van der Waals surface area contributed by atoms with Crippen molar-refractivity contribution in [2.45, 2.75) is 12.3 Å². The third kappa shape index (κ3) is 1.55. The number of carboxylic acids is 1. The monoisotopic (exact) mass is 212 g/mol. The Kier molecular flexibility index (Phi) is 2.11. The van der Waals surface area contributed by atoms with E-state index in [9.17, 15) is 9.90 Å². The summed E-state index contributed by atoms with van der Waals surface area (Å²) in [7, 11) is 0. The van der Waals surface area contributed by atoms with Gasteiger partial charge in [-0.25, -0.2) is 0 Å². The number of carboxylic acid groups (broad SMARTS) is 1. The second-order valence-corrected chi connectivity index (χ2v) is 3.93. The van der Waals surface area contributed by atoms with Gasteiger partial charge in [0.1, 0.15) is 5.75 Å². The maximum absolute atomic E-state index is 10.6. The fourth-order valence-electron chi connectivity index (χ4n) is 1.63. The van der Waals surface area contributed by atoms with E-state index in [-0.39, 0.29) is 17.6 Å². The lowest BCUT2D eigenvalue weighted by Gasteiger charge is -2.02. The molecular weight excluding hydrogens is 204 g/mol. The Balaban J connectivity index is 2.26. The SMILES string of the molecule is O=C(O)[C@H]1C[C@@H]1c1cc(Cl)ccc1O. The van der Waals surface area contributed by atoms with Crippen LogP contribution in [0, 0.1) is 5.92 Å². The summed E-state index contributed by atoms with van der Waals surface area (Å²) in [6.07, 6.45) is 0.587. The molecular formula is C10H9ClO3. The van der Waals surface area contributed by atoms with E-state index < -0.39 is 5.97 Å². The third-order valence-electron chi connectivity index (χ3n) is 2.50. The minimum atomic E-state index is -0.811. The van der Waals surface area contributed by atoms with E-state index in [1.54, 1.807) is 12.1 Å². The van der Waals surface area contributed by atoms with Gasteiger partial charge in [0, 0.05) is 10.9 Å². The quantitative estimate of drug-likeness (QED) is 0.791. The normalized spacial score (nSPS) is 24.6. The van der Waals surface area contributed by atoms with Crippen molar-refractivity contribution >= 4 is 17.6 Å². The molecule has 1 aromatic rings. The smallest absolute Gasteiger partial charge is 0.307 e. The summed E-state index contributed by atoms with van der Waals surface area (Å²) < 4.78 is 0. The Morgan fingerprint density at radius 2 is 2.21 bits per heavy atom. The molecule has 2 rings (SSSR count). The fourth-order valence-corrected chi connectivity index (χ4v) is 1.81. The maximum atomic E-state index is 10.6. The zero-order valence-corrected chi connectivity index (χ0v) is 8.03. The number of benzene rings is 1. The average molecular weight is 213 g/mol. The van der Waals surface area contributed by atoms with Crippen LogP contribution >= 0.6 is 11.6 Å². The van der Waals surface area contributed by atoms with E-state index >= 15 is 0 Å². The van der Waals surface area contributed by atoms with Gasteiger partial charge in [0.25, 0.3) is 0 Å². The Hall–Kier alpha value is -1.22. The van der Waals surface area contributed by atoms with Crippen LogP contribution < -0.4 is 0 Å². The number of hydrogen-bond donors (Lipinski definition) is 2. The van der Waals surface area contributed by atoms with Crippen LogP contribution in [0.5, 0.6) is 5.75 Å². The lowest BCUT2D eigenvalue weighted by molar-refractivity contribution is -0.138. The van der Waals surface area contributed by atoms with E-state index in [0.29, 0.717) is 17.0 Å². The first-order chi connectivity index (χ1) is 6.59. The number of hydrogen-bond acceptors (Lipinski definition) is 2. The molecule has 1 aromatic carbocycles. The van der Waals surface area contributed by atoms with E-state index in [1.807, 2.05) is 0 Å². The second-order valence-electron chi connectivity index (χ2n) is 3.49. The van der Waals surface area contributed by atoms with Crippen LogP contribution in [0.4, 0.5) is 0 Å². The van der Waals surface area contributed by atoms with Crippen LogP contribution in [0.15, 0.2) is 18.2 Å². The summed E-state index contributed by atoms with van der Waals surface area (Å²) >= 11 is 5.76. The minimum absolute atomic E-state index is 0.0776. The van der Waals surface area contributed by atoms with Crippen LogP contribution in [-0.2, 0) is 4.79 Å². The summed E-state index contributed by atoms with van der Waals surface area (Å²) in [4.78, 5) is 10.6. The number of rotatable bonds is 2. The van der Waals surface area contributed by atoms with Gasteiger partial charge in [-0.15, -0.1) is 0 Å². The van der Waals surface area contributed by atoms with Crippen LogP contribution in [0.2, 0.25) is 5.02 Å². The predicted octanol–water partition coefficient (Wildman–Crippen LogP) is 2.23. The van der Waals surface area contributed by atoms with Gasteiger partial charge in [0.15, 0.2) is 0 Å². The Morgan fingerprint density at radius 1 is 1.50 bits per heavy atom. The van der Waals surface area contributed by atoms with Gasteiger partial charge in [-0.2, -0.15) is 0 Å². The first kappa shape index (κ1) is 9.34. The van der Waals surface area contributed by atoms with Crippen molar-refractivity contribution in [2.24, 2.45) is 5.92 Å². The van der Waals surface area contributed by atoms with Crippen LogP contribution in [0.1, 0.15) is 17.9 Å². The Bertz CT molecular complexity index is 389. The minimum Gasteiger partial charge on any atom is -0.508 e. The van der Waals surface area contributed by atoms with Gasteiger partial charge in [0.2, 0.25) is 0 Å². The van der Waals surface area contributed by atoms with Crippen LogP contribution in [-0.4, -0.2) is 16.2 Å². The van der Waals surface area contributed by atoms with Crippen molar-refractivity contribution in [3.05, 3.63) is 28.8 Å². The average Bonchev–Trinajstić information content (AvgIpc) is 2.88. The fraction of sp³-hybridized carbons (Fsp3) is 0.300. The Labute approximate surface area is 85.9 Å². The summed E-state index contributed by atoms with van der Waals surface area (Å²) in [5, 5.41) is 18.7. The zero-order valence-electron chi connectivity index (χ0n) is 7.27. The van der Waals surface area contributed by atoms with Crippen LogP contribution in [0.3, 0.4) is 0 Å². The van der Waals surface area contributed by atoms with Crippen molar-refractivity contribution in [3.8, 4) is 5.75 Å². The molecule has 0 unspecified atom stereocenters. The van der Waals surface area contributed by atoms with Crippen molar-refractivity contribution in [3.63, 3.8) is 0 Å². The number of aromatic hydroxyl groups is 1. The second kappa shape index (κ2) is 3.17. The molecule has 0 saturated heterocycles. The van der Waals surface area contributed by atoms with Gasteiger partial charge < -0.3 is 10.2 Å². The standard InChI is InChI=1S/C10H9ClO3/c11-5-1-2-9(12)7(3-5)6-4-8(6)10(13)14/h1-3,6,8,12H,4H2,(H,13,14)/t6-,8+/m1/s1. The third-order valence-corrected chi connectivity index (χ3v) is 2.73. The van der Waals surface area contributed by atoms with Crippen molar-refractivity contribution in [1.29, 1.82) is 0 Å². The Morgan fingerprint density at radius 3 is 2.79 bits per heavy atom. The van der Waals surface area contributed by atoms with Gasteiger partial charge in [-0.3, -0.25) is 4.79 Å². The van der Waals surface area contributed by atoms with E-state index in [1.165, 1.54) is 6.07 Å². The molecule has 14 heavy (non-hydrogen) atoms. The summed E-state index contributed by atoms with van der Waals surface area (Å²) in [6, 6.07) is 4.71. The number of carbonyl (C=O) groups is 1. The van der Waals surface area contributed by atoms with Crippen molar-refractivity contribution < 1.29 is 15.0 Å². The molecule has 0 bridgehead atoms. The molecule has 0 amide bonds. The topological polar surface area (TPSA) is 57.5 Å². The molecule has 2 atom stereocenters. The molecule has 0 aromatic heterocycles. The van der Waals surface area contributed by atoms with Gasteiger partial charge in [-0.1, -0.05) is 11.6 Å². The van der Waals surface area contributed by atoms with Gasteiger partial charge >= 0.3 is 5.97 Å². The highest BCUT2D eigenvalue weighted by atomic mass is 35.5. The first-order valence-electron chi connectivity index (χ1n) is 4.31. The molecule has 0 spiro atoms. The highest BCUT2D eigenvalue weighted by molar-refractivity contribution is 6.30. The largest absolute Gasteiger partial charge is 0.508 e. The molecule has 0 radical (unpaired) electrons. The maximum Gasteiger partial charge on any atom is 0.307 e. The lowest BCUT2D eigenvalue weighted by atomic mass is 10.1. The zero-order chi connectivity index (χ0) is 10.3. The van der Waals surface area contributed by atoms with Crippen molar-refractivity contribution in [1.82, 2.24) is 0 Å². The molecule has 1 fully saturated rings. The molecule has 3 nitrogen and oxygen atoms in total. The van der Waals surface area contributed by atoms with Gasteiger partial charge in [-0.05, 0) is 30.2 Å². The molecule has 0 heterocycles. The molecule has 74 valence electrons. The molecule has 4 heteroatoms. The lowest BCUT2D eigenvalue weighted by Crippen LogP contribution is -1.98. The predicted molar refractivity (Wildman–Crippen MR) is 51.6 cm³/mol. The van der Waals surface area contributed by atoms with Crippen LogP contribution in [0.25, 0.3) is 0 Å². The first-order valence-corrected chi connectivity index (χ1v) is 4.68.